The summed E-state index contributed by atoms with van der Waals surface area (Å²) in [7, 11) is 1.19. The number of hydrogen-bond acceptors (Lipinski definition) is 4. The molecular weight excluding hydrogens is 237 g/mol. The molecule has 17 heavy (non-hydrogen) atoms. The maximum Gasteiger partial charge on any atom is 0.390 e. The molecule has 1 N–H and O–H groups in total. The molecule has 0 saturated heterocycles. The van der Waals surface area contributed by atoms with Crippen molar-refractivity contribution >= 4 is 11.8 Å². The molecule has 0 aliphatic rings. The van der Waals surface area contributed by atoms with Gasteiger partial charge in [-0.1, -0.05) is 0 Å². The fourth-order valence-electron chi connectivity index (χ4n) is 1.14. The van der Waals surface area contributed by atoms with Crippen LogP contribution >= 0.6 is 0 Å². The molecule has 0 spiro atoms. The van der Waals surface area contributed by atoms with E-state index in [2.05, 4.69) is 15.0 Å². The van der Waals surface area contributed by atoms with Gasteiger partial charge in [-0.05, 0) is 12.1 Å². The van der Waals surface area contributed by atoms with Crippen molar-refractivity contribution in [1.82, 2.24) is 4.98 Å². The molecule has 0 atom stereocenters. The molecule has 4 nitrogen and oxygen atoms in total. The third-order valence-electron chi connectivity index (χ3n) is 1.91. The molecule has 94 valence electrons. The number of carbonyl (C=O) groups excluding carboxylic acids is 1. The number of halogens is 3. The smallest absolute Gasteiger partial charge is 0.390 e. The molecule has 0 amide bonds. The first-order valence-corrected chi connectivity index (χ1v) is 4.78. The summed E-state index contributed by atoms with van der Waals surface area (Å²) >= 11 is 0. The van der Waals surface area contributed by atoms with Gasteiger partial charge in [0, 0.05) is 12.7 Å². The fourth-order valence-corrected chi connectivity index (χ4v) is 1.14. The van der Waals surface area contributed by atoms with Crippen molar-refractivity contribution in [2.45, 2.75) is 12.6 Å². The molecule has 1 aromatic rings. The summed E-state index contributed by atoms with van der Waals surface area (Å²) in [6, 6.07) is 2.93. The molecule has 0 radical (unpaired) electrons. The van der Waals surface area contributed by atoms with Crippen molar-refractivity contribution in [2.75, 3.05) is 19.0 Å². The number of hydrogen-bond donors (Lipinski definition) is 1. The number of carbonyl (C=O) groups is 1. The lowest BCUT2D eigenvalue weighted by atomic mass is 10.2. The number of aromatic nitrogens is 1. The van der Waals surface area contributed by atoms with Gasteiger partial charge in [-0.15, -0.1) is 0 Å². The highest BCUT2D eigenvalue weighted by molar-refractivity contribution is 5.94. The van der Waals surface area contributed by atoms with Crippen LogP contribution in [-0.4, -0.2) is 30.8 Å². The van der Waals surface area contributed by atoms with Crippen LogP contribution in [-0.2, 0) is 4.74 Å². The zero-order valence-electron chi connectivity index (χ0n) is 9.04. The zero-order valence-corrected chi connectivity index (χ0v) is 9.04. The fraction of sp³-hybridized carbons (Fsp3) is 0.400. The Morgan fingerprint density at radius 3 is 2.82 bits per heavy atom. The number of alkyl halides is 3. The quantitative estimate of drug-likeness (QED) is 0.830. The Balaban J connectivity index is 2.68. The monoisotopic (exact) mass is 248 g/mol. The van der Waals surface area contributed by atoms with Gasteiger partial charge < -0.3 is 10.1 Å². The predicted octanol–water partition coefficient (Wildman–Crippen LogP) is 2.23. The Kier molecular flexibility index (Phi) is 4.30. The molecule has 1 heterocycles. The summed E-state index contributed by atoms with van der Waals surface area (Å²) in [6.45, 7) is -0.343. The highest BCUT2D eigenvalue weighted by atomic mass is 19.4. The van der Waals surface area contributed by atoms with Crippen LogP contribution in [0.15, 0.2) is 18.3 Å². The highest BCUT2D eigenvalue weighted by Gasteiger charge is 2.26. The molecule has 0 saturated carbocycles. The van der Waals surface area contributed by atoms with Crippen LogP contribution in [0.5, 0.6) is 0 Å². The summed E-state index contributed by atoms with van der Waals surface area (Å²) in [5.74, 6) is -0.559. The second-order valence-electron chi connectivity index (χ2n) is 3.18. The highest BCUT2D eigenvalue weighted by Crippen LogP contribution is 2.20. The van der Waals surface area contributed by atoms with Crippen molar-refractivity contribution in [3.05, 3.63) is 23.9 Å². The van der Waals surface area contributed by atoms with Crippen molar-refractivity contribution in [3.8, 4) is 0 Å². The van der Waals surface area contributed by atoms with E-state index in [0.717, 1.165) is 0 Å². The van der Waals surface area contributed by atoms with E-state index in [1.54, 1.807) is 0 Å². The number of rotatable bonds is 4. The number of methoxy groups -OCH3 is 1. The number of nitrogens with zero attached hydrogens (tertiary/aromatic N) is 1. The minimum atomic E-state index is -4.24. The third-order valence-corrected chi connectivity index (χ3v) is 1.91. The molecule has 1 aromatic heterocycles. The van der Waals surface area contributed by atoms with Crippen LogP contribution < -0.4 is 5.32 Å². The van der Waals surface area contributed by atoms with E-state index in [1.807, 2.05) is 0 Å². The topological polar surface area (TPSA) is 51.2 Å². The van der Waals surface area contributed by atoms with Gasteiger partial charge in [0.05, 0.1) is 13.5 Å². The average molecular weight is 248 g/mol. The van der Waals surface area contributed by atoms with Crippen LogP contribution in [0.1, 0.15) is 16.8 Å². The largest absolute Gasteiger partial charge is 0.465 e. The van der Waals surface area contributed by atoms with Gasteiger partial charge in [-0.3, -0.25) is 0 Å². The maximum absolute atomic E-state index is 11.9. The Labute approximate surface area is 95.8 Å². The number of pyridine rings is 1. The van der Waals surface area contributed by atoms with Crippen LogP contribution in [0.3, 0.4) is 0 Å². The van der Waals surface area contributed by atoms with Crippen LogP contribution in [0, 0.1) is 0 Å². The molecule has 0 aliphatic carbocycles. The van der Waals surface area contributed by atoms with Crippen LogP contribution in [0.4, 0.5) is 19.0 Å². The zero-order chi connectivity index (χ0) is 12.9. The standard InChI is InChI=1S/C10H11F3N2O2/c1-17-9(16)7-3-2-5-14-8(7)15-6-4-10(11,12)13/h2-3,5H,4,6H2,1H3,(H,14,15). The molecule has 0 aliphatic heterocycles. The Bertz CT molecular complexity index is 393. The molecule has 0 bridgehead atoms. The van der Waals surface area contributed by atoms with E-state index in [0.29, 0.717) is 0 Å². The lowest BCUT2D eigenvalue weighted by Gasteiger charge is -2.10. The Morgan fingerprint density at radius 2 is 2.24 bits per heavy atom. The number of esters is 1. The first-order valence-electron chi connectivity index (χ1n) is 4.78. The normalized spacial score (nSPS) is 11.1. The van der Waals surface area contributed by atoms with Gasteiger partial charge >= 0.3 is 12.1 Å². The van der Waals surface area contributed by atoms with Gasteiger partial charge in [0.2, 0.25) is 0 Å². The van der Waals surface area contributed by atoms with Gasteiger partial charge in [0.25, 0.3) is 0 Å². The Hall–Kier alpha value is -1.79. The van der Waals surface area contributed by atoms with Gasteiger partial charge in [0.15, 0.2) is 0 Å². The lowest BCUT2D eigenvalue weighted by Crippen LogP contribution is -2.17. The SMILES string of the molecule is COC(=O)c1cccnc1NCCC(F)(F)F. The van der Waals surface area contributed by atoms with E-state index >= 15 is 0 Å². The first-order chi connectivity index (χ1) is 7.94. The summed E-state index contributed by atoms with van der Waals surface area (Å²) in [6.07, 6.45) is -3.86. The molecule has 0 aromatic carbocycles. The minimum Gasteiger partial charge on any atom is -0.465 e. The van der Waals surface area contributed by atoms with Gasteiger partial charge in [-0.2, -0.15) is 13.2 Å². The van der Waals surface area contributed by atoms with E-state index in [1.165, 1.54) is 25.4 Å². The van der Waals surface area contributed by atoms with E-state index < -0.39 is 18.6 Å². The number of ether oxygens (including phenoxy) is 1. The molecule has 0 fully saturated rings. The average Bonchev–Trinajstić information content (AvgIpc) is 2.27. The maximum atomic E-state index is 11.9. The van der Waals surface area contributed by atoms with E-state index in [-0.39, 0.29) is 17.9 Å². The summed E-state index contributed by atoms with van der Waals surface area (Å²) in [5, 5.41) is 2.45. The second-order valence-corrected chi connectivity index (χ2v) is 3.18. The summed E-state index contributed by atoms with van der Waals surface area (Å²) < 4.78 is 40.3. The van der Waals surface area contributed by atoms with Crippen LogP contribution in [0.2, 0.25) is 0 Å². The number of nitrogens with one attached hydrogen (secondary N) is 1. The number of anilines is 1. The van der Waals surface area contributed by atoms with Gasteiger partial charge in [0.1, 0.15) is 11.4 Å². The van der Waals surface area contributed by atoms with Crippen molar-refractivity contribution in [3.63, 3.8) is 0 Å². The van der Waals surface area contributed by atoms with Crippen molar-refractivity contribution < 1.29 is 22.7 Å². The second kappa shape index (κ2) is 5.51. The van der Waals surface area contributed by atoms with Crippen molar-refractivity contribution in [2.24, 2.45) is 0 Å². The minimum absolute atomic E-state index is 0.0867. The lowest BCUT2D eigenvalue weighted by molar-refractivity contribution is -0.131. The van der Waals surface area contributed by atoms with E-state index in [4.69, 9.17) is 0 Å². The van der Waals surface area contributed by atoms with Gasteiger partial charge in [-0.25, -0.2) is 9.78 Å². The predicted molar refractivity (Wildman–Crippen MR) is 54.7 cm³/mol. The molecule has 0 unspecified atom stereocenters. The third kappa shape index (κ3) is 4.29. The molecular formula is C10H11F3N2O2. The molecule has 1 rings (SSSR count). The Morgan fingerprint density at radius 1 is 1.53 bits per heavy atom. The van der Waals surface area contributed by atoms with Crippen molar-refractivity contribution in [1.29, 1.82) is 0 Å². The molecule has 7 heteroatoms. The summed E-state index contributed by atoms with van der Waals surface area (Å²) in [4.78, 5) is 15.1. The first kappa shape index (κ1) is 13.3. The van der Waals surface area contributed by atoms with E-state index in [9.17, 15) is 18.0 Å². The van der Waals surface area contributed by atoms with Crippen LogP contribution in [0.25, 0.3) is 0 Å². The summed E-state index contributed by atoms with van der Waals surface area (Å²) in [5.41, 5.74) is 0.108.